The van der Waals surface area contributed by atoms with Gasteiger partial charge < -0.3 is 0 Å². The van der Waals surface area contributed by atoms with Gasteiger partial charge >= 0.3 is 0 Å². The Kier molecular flexibility index (Phi) is 3.33. The van der Waals surface area contributed by atoms with Crippen LogP contribution < -0.4 is 0 Å². The summed E-state index contributed by atoms with van der Waals surface area (Å²) in [6.45, 7) is 0. The van der Waals surface area contributed by atoms with Crippen molar-refractivity contribution in [3.63, 3.8) is 0 Å². The molecule has 0 saturated carbocycles. The number of allylic oxidation sites excluding steroid dienone is 3. The Bertz CT molecular complexity index is 750. The van der Waals surface area contributed by atoms with E-state index in [1.54, 1.807) is 6.26 Å². The fraction of sp³-hybridized carbons (Fsp3) is 0.0556. The highest BCUT2D eigenvalue weighted by atomic mass is 32.2. The Morgan fingerprint density at radius 2 is 1.25 bits per heavy atom. The van der Waals surface area contributed by atoms with E-state index in [0.29, 0.717) is 0 Å². The van der Waals surface area contributed by atoms with E-state index in [2.05, 4.69) is 6.08 Å². The number of rotatable bonds is 2. The van der Waals surface area contributed by atoms with Crippen molar-refractivity contribution in [1.82, 2.24) is 0 Å². The van der Waals surface area contributed by atoms with Crippen LogP contribution in [0.5, 0.6) is 0 Å². The zero-order valence-electron chi connectivity index (χ0n) is 11.3. The molecule has 0 radical (unpaired) electrons. The molecular weight excluding hydrogens is 264 g/mol. The van der Waals surface area contributed by atoms with E-state index in [9.17, 15) is 4.21 Å². The highest BCUT2D eigenvalue weighted by Crippen LogP contribution is 2.26. The van der Waals surface area contributed by atoms with Crippen LogP contribution in [-0.2, 0) is 9.52 Å². The first-order chi connectivity index (χ1) is 9.64. The van der Waals surface area contributed by atoms with E-state index in [4.69, 9.17) is 0 Å². The van der Waals surface area contributed by atoms with Crippen molar-refractivity contribution in [3.05, 3.63) is 83.3 Å². The van der Waals surface area contributed by atoms with Crippen LogP contribution >= 0.6 is 0 Å². The number of benzene rings is 2. The van der Waals surface area contributed by atoms with E-state index in [-0.39, 0.29) is 0 Å². The largest absolute Gasteiger partial charge is 0.263 e. The molecule has 0 saturated heterocycles. The lowest BCUT2D eigenvalue weighted by Gasteiger charge is -2.14. The van der Waals surface area contributed by atoms with E-state index >= 15 is 0 Å². The minimum absolute atomic E-state index is 1.03. The predicted octanol–water partition coefficient (Wildman–Crippen LogP) is 3.84. The molecule has 0 aliphatic carbocycles. The van der Waals surface area contributed by atoms with Gasteiger partial charge in [0.2, 0.25) is 0 Å². The molecule has 1 atom stereocenters. The van der Waals surface area contributed by atoms with Gasteiger partial charge in [0, 0.05) is 17.0 Å². The standard InChI is InChI=1S/C18H16OS/c1-20(19)13-17(15-8-4-2-5-9-15)12-18(14-20)16-10-6-3-7-11-16/h2-14H,1H3. The van der Waals surface area contributed by atoms with Gasteiger partial charge in [-0.2, -0.15) is 0 Å². The van der Waals surface area contributed by atoms with E-state index in [1.165, 1.54) is 0 Å². The molecular formula is C18H16OS. The molecule has 100 valence electrons. The van der Waals surface area contributed by atoms with Gasteiger partial charge in [-0.1, -0.05) is 60.7 Å². The quantitative estimate of drug-likeness (QED) is 0.764. The second kappa shape index (κ2) is 5.14. The highest BCUT2D eigenvalue weighted by Gasteiger charge is 2.11. The summed E-state index contributed by atoms with van der Waals surface area (Å²) in [5, 5.41) is 3.74. The van der Waals surface area contributed by atoms with Crippen LogP contribution in [0.25, 0.3) is 11.1 Å². The molecule has 1 unspecified atom stereocenters. The predicted molar refractivity (Wildman–Crippen MR) is 89.0 cm³/mol. The maximum Gasteiger partial charge on any atom is 0.00868 e. The lowest BCUT2D eigenvalue weighted by molar-refractivity contribution is 0.690. The fourth-order valence-electron chi connectivity index (χ4n) is 2.34. The van der Waals surface area contributed by atoms with Gasteiger partial charge in [0.05, 0.1) is 0 Å². The highest BCUT2D eigenvalue weighted by molar-refractivity contribution is 8.04. The van der Waals surface area contributed by atoms with Gasteiger partial charge in [-0.25, -0.2) is 0 Å². The summed E-state index contributed by atoms with van der Waals surface area (Å²) in [4.78, 5) is 0. The summed E-state index contributed by atoms with van der Waals surface area (Å²) in [6.07, 6.45) is 3.89. The third-order valence-electron chi connectivity index (χ3n) is 3.25. The Hall–Kier alpha value is -2.06. The zero-order valence-corrected chi connectivity index (χ0v) is 12.1. The second-order valence-electron chi connectivity index (χ2n) is 4.99. The number of hydrogen-bond donors (Lipinski definition) is 0. The molecule has 0 fully saturated rings. The third kappa shape index (κ3) is 2.75. The zero-order chi connectivity index (χ0) is 14.0. The van der Waals surface area contributed by atoms with Crippen molar-refractivity contribution in [3.8, 4) is 0 Å². The van der Waals surface area contributed by atoms with Crippen molar-refractivity contribution < 1.29 is 4.21 Å². The molecule has 1 heterocycles. The SMILES string of the molecule is CS1(=O)=CC(c2ccccc2)=CC(c2ccccc2)=C1. The third-order valence-corrected chi connectivity index (χ3v) is 4.69. The summed E-state index contributed by atoms with van der Waals surface area (Å²) in [5.74, 6) is 0. The van der Waals surface area contributed by atoms with Crippen molar-refractivity contribution in [1.29, 1.82) is 0 Å². The molecule has 20 heavy (non-hydrogen) atoms. The van der Waals surface area contributed by atoms with Crippen LogP contribution in [-0.4, -0.2) is 15.8 Å². The molecule has 1 aliphatic heterocycles. The topological polar surface area (TPSA) is 17.1 Å². The molecule has 2 aromatic carbocycles. The molecule has 1 aliphatic rings. The van der Waals surface area contributed by atoms with Crippen LogP contribution in [0.4, 0.5) is 0 Å². The average molecular weight is 280 g/mol. The summed E-state index contributed by atoms with van der Waals surface area (Å²) in [7, 11) is -2.08. The van der Waals surface area contributed by atoms with Gasteiger partial charge in [-0.05, 0) is 37.9 Å². The van der Waals surface area contributed by atoms with Crippen LogP contribution in [0, 0.1) is 0 Å². The van der Waals surface area contributed by atoms with Crippen LogP contribution in [0.2, 0.25) is 0 Å². The Morgan fingerprint density at radius 1 is 0.750 bits per heavy atom. The first-order valence-electron chi connectivity index (χ1n) is 6.52. The van der Waals surface area contributed by atoms with Crippen molar-refractivity contribution in [2.24, 2.45) is 0 Å². The molecule has 2 heteroatoms. The molecule has 0 amide bonds. The summed E-state index contributed by atoms with van der Waals surface area (Å²) in [5.41, 5.74) is 4.26. The monoisotopic (exact) mass is 280 g/mol. The maximum absolute atomic E-state index is 12.6. The van der Waals surface area contributed by atoms with E-state index in [0.717, 1.165) is 22.3 Å². The smallest absolute Gasteiger partial charge is 0.00868 e. The Morgan fingerprint density at radius 3 is 1.80 bits per heavy atom. The van der Waals surface area contributed by atoms with Crippen LogP contribution in [0.1, 0.15) is 11.1 Å². The molecule has 0 N–H and O–H groups in total. The van der Waals surface area contributed by atoms with Crippen LogP contribution in [0.15, 0.2) is 72.1 Å². The first-order valence-corrected chi connectivity index (χ1v) is 8.62. The minimum atomic E-state index is -2.08. The number of hydrogen-bond acceptors (Lipinski definition) is 1. The Balaban J connectivity index is 2.14. The van der Waals surface area contributed by atoms with Crippen molar-refractivity contribution in [2.45, 2.75) is 0 Å². The molecule has 2 aromatic rings. The molecule has 3 rings (SSSR count). The molecule has 0 aromatic heterocycles. The lowest BCUT2D eigenvalue weighted by atomic mass is 10.0. The minimum Gasteiger partial charge on any atom is -0.263 e. The van der Waals surface area contributed by atoms with E-state index < -0.39 is 9.52 Å². The second-order valence-corrected chi connectivity index (χ2v) is 7.39. The van der Waals surface area contributed by atoms with Gasteiger partial charge in [-0.15, -0.1) is 0 Å². The fourth-order valence-corrected chi connectivity index (χ4v) is 3.82. The summed E-state index contributed by atoms with van der Waals surface area (Å²) in [6, 6.07) is 20.2. The average Bonchev–Trinajstić information content (AvgIpc) is 2.47. The summed E-state index contributed by atoms with van der Waals surface area (Å²) < 4.78 is 12.6. The van der Waals surface area contributed by atoms with Crippen molar-refractivity contribution >= 4 is 26.0 Å². The maximum atomic E-state index is 12.6. The van der Waals surface area contributed by atoms with Gasteiger partial charge in [-0.3, -0.25) is 4.21 Å². The van der Waals surface area contributed by atoms with Gasteiger partial charge in [0.15, 0.2) is 0 Å². The Labute approximate surface area is 120 Å². The van der Waals surface area contributed by atoms with Gasteiger partial charge in [0.25, 0.3) is 0 Å². The molecule has 1 nitrogen and oxygen atoms in total. The van der Waals surface area contributed by atoms with E-state index in [1.807, 2.05) is 71.4 Å². The molecule has 0 bridgehead atoms. The van der Waals surface area contributed by atoms with Crippen LogP contribution in [0.3, 0.4) is 0 Å². The van der Waals surface area contributed by atoms with Crippen molar-refractivity contribution in [2.75, 3.05) is 6.26 Å². The van der Waals surface area contributed by atoms with Gasteiger partial charge in [0.1, 0.15) is 0 Å². The lowest BCUT2D eigenvalue weighted by Crippen LogP contribution is -2.05. The summed E-state index contributed by atoms with van der Waals surface area (Å²) >= 11 is 0. The molecule has 0 spiro atoms. The first kappa shape index (κ1) is 12.9. The normalized spacial score (nSPS) is 21.6.